The van der Waals surface area contributed by atoms with Crippen LogP contribution >= 0.6 is 0 Å². The molecule has 0 aliphatic carbocycles. The molecule has 5 heteroatoms. The van der Waals surface area contributed by atoms with E-state index in [1.807, 2.05) is 6.07 Å². The van der Waals surface area contributed by atoms with Crippen molar-refractivity contribution in [1.29, 1.82) is 0 Å². The maximum atomic E-state index is 6.33. The monoisotopic (exact) mass is 335 g/mol. The van der Waals surface area contributed by atoms with E-state index < -0.39 is 0 Å². The van der Waals surface area contributed by atoms with Crippen molar-refractivity contribution in [3.8, 4) is 0 Å². The smallest absolute Gasteiger partial charge is 0.117 e. The Morgan fingerprint density at radius 2 is 2.00 bits per heavy atom. The Morgan fingerprint density at radius 1 is 1.08 bits per heavy atom. The molecule has 0 radical (unpaired) electrons. The van der Waals surface area contributed by atoms with Crippen LogP contribution < -0.4 is 0 Å². The van der Waals surface area contributed by atoms with Gasteiger partial charge in [-0.05, 0) is 50.2 Å². The number of furan rings is 1. The van der Waals surface area contributed by atoms with Crippen molar-refractivity contribution in [3.63, 3.8) is 0 Å². The molecule has 0 spiro atoms. The number of rotatable bonds is 6. The fourth-order valence-electron chi connectivity index (χ4n) is 4.29. The molecule has 0 aromatic carbocycles. The molecule has 4 heterocycles. The fourth-order valence-corrected chi connectivity index (χ4v) is 4.29. The molecule has 0 bridgehead atoms. The standard InChI is InChI=1S/C19H29NO4/c1-2-16(23-9-1)12-20-8-5-19-18(20)4-3-17(24-19)14-22-13-15-6-10-21-11-7-15/h1-2,9,15,17-19H,3-8,10-14H2/t17-,18+,19+/m1/s1. The number of ether oxygens (including phenoxy) is 3. The lowest BCUT2D eigenvalue weighted by atomic mass is 9.99. The van der Waals surface area contributed by atoms with Gasteiger partial charge in [-0.25, -0.2) is 0 Å². The third-order valence-corrected chi connectivity index (χ3v) is 5.69. The van der Waals surface area contributed by atoms with Crippen LogP contribution in [0.1, 0.15) is 37.9 Å². The van der Waals surface area contributed by atoms with Gasteiger partial charge < -0.3 is 18.6 Å². The molecule has 3 aliphatic heterocycles. The summed E-state index contributed by atoms with van der Waals surface area (Å²) in [6, 6.07) is 4.57. The summed E-state index contributed by atoms with van der Waals surface area (Å²) in [5.74, 6) is 1.72. The van der Waals surface area contributed by atoms with Crippen molar-refractivity contribution in [2.45, 2.75) is 56.9 Å². The van der Waals surface area contributed by atoms with Crippen LogP contribution in [0.25, 0.3) is 0 Å². The van der Waals surface area contributed by atoms with Gasteiger partial charge in [0.15, 0.2) is 0 Å². The summed E-state index contributed by atoms with van der Waals surface area (Å²) in [5.41, 5.74) is 0. The van der Waals surface area contributed by atoms with Crippen LogP contribution in [0.15, 0.2) is 22.8 Å². The van der Waals surface area contributed by atoms with Crippen LogP contribution in [0.5, 0.6) is 0 Å². The predicted octanol–water partition coefficient (Wildman–Crippen LogP) is 2.84. The molecule has 3 atom stereocenters. The zero-order valence-electron chi connectivity index (χ0n) is 14.4. The quantitative estimate of drug-likeness (QED) is 0.800. The van der Waals surface area contributed by atoms with E-state index in [2.05, 4.69) is 11.0 Å². The van der Waals surface area contributed by atoms with E-state index in [-0.39, 0.29) is 6.10 Å². The molecule has 0 saturated carbocycles. The van der Waals surface area contributed by atoms with Gasteiger partial charge in [0.2, 0.25) is 0 Å². The third-order valence-electron chi connectivity index (χ3n) is 5.69. The Kier molecular flexibility index (Phi) is 5.53. The molecule has 3 saturated heterocycles. The maximum absolute atomic E-state index is 6.33. The van der Waals surface area contributed by atoms with Gasteiger partial charge in [-0.1, -0.05) is 0 Å². The second-order valence-electron chi connectivity index (χ2n) is 7.37. The van der Waals surface area contributed by atoms with E-state index in [0.717, 1.165) is 71.0 Å². The van der Waals surface area contributed by atoms with E-state index in [4.69, 9.17) is 18.6 Å². The number of hydrogen-bond acceptors (Lipinski definition) is 5. The molecular formula is C19H29NO4. The number of likely N-dealkylation sites (tertiary alicyclic amines) is 1. The molecule has 5 nitrogen and oxygen atoms in total. The van der Waals surface area contributed by atoms with Crippen LogP contribution in [0.4, 0.5) is 0 Å². The second-order valence-corrected chi connectivity index (χ2v) is 7.37. The van der Waals surface area contributed by atoms with Crippen molar-refractivity contribution in [2.24, 2.45) is 5.92 Å². The van der Waals surface area contributed by atoms with Gasteiger partial charge >= 0.3 is 0 Å². The fraction of sp³-hybridized carbons (Fsp3) is 0.789. The predicted molar refractivity (Wildman–Crippen MR) is 89.8 cm³/mol. The van der Waals surface area contributed by atoms with Crippen LogP contribution in [-0.4, -0.2) is 56.1 Å². The van der Waals surface area contributed by atoms with Crippen LogP contribution in [-0.2, 0) is 20.8 Å². The Balaban J connectivity index is 1.19. The molecule has 4 rings (SSSR count). The first kappa shape index (κ1) is 16.6. The van der Waals surface area contributed by atoms with E-state index in [9.17, 15) is 0 Å². The minimum absolute atomic E-state index is 0.273. The SMILES string of the molecule is c1coc(CN2CC[C@@H]3O[C@@H](COCC4CCOCC4)CC[C@@H]32)c1. The number of hydrogen-bond donors (Lipinski definition) is 0. The van der Waals surface area contributed by atoms with E-state index in [0.29, 0.717) is 18.1 Å². The average Bonchev–Trinajstić information content (AvgIpc) is 3.26. The number of nitrogens with zero attached hydrogens (tertiary/aromatic N) is 1. The third kappa shape index (κ3) is 4.02. The second kappa shape index (κ2) is 8.00. The lowest BCUT2D eigenvalue weighted by Crippen LogP contribution is -2.43. The van der Waals surface area contributed by atoms with E-state index in [1.165, 1.54) is 6.42 Å². The van der Waals surface area contributed by atoms with Crippen molar-refractivity contribution < 1.29 is 18.6 Å². The molecule has 0 N–H and O–H groups in total. The van der Waals surface area contributed by atoms with Gasteiger partial charge in [0.25, 0.3) is 0 Å². The van der Waals surface area contributed by atoms with Gasteiger partial charge in [0.1, 0.15) is 5.76 Å². The highest BCUT2D eigenvalue weighted by Gasteiger charge is 2.40. The zero-order valence-corrected chi connectivity index (χ0v) is 14.4. The largest absolute Gasteiger partial charge is 0.468 e. The minimum atomic E-state index is 0.273. The van der Waals surface area contributed by atoms with Gasteiger partial charge in [0.05, 0.1) is 31.6 Å². The molecule has 134 valence electrons. The molecule has 1 aromatic heterocycles. The summed E-state index contributed by atoms with van der Waals surface area (Å²) in [7, 11) is 0. The average molecular weight is 335 g/mol. The Hall–Kier alpha value is -0.880. The molecular weight excluding hydrogens is 306 g/mol. The van der Waals surface area contributed by atoms with Crippen LogP contribution in [0.2, 0.25) is 0 Å². The van der Waals surface area contributed by atoms with Crippen LogP contribution in [0.3, 0.4) is 0 Å². The topological polar surface area (TPSA) is 44.1 Å². The first-order chi connectivity index (χ1) is 11.9. The van der Waals surface area contributed by atoms with Crippen molar-refractivity contribution >= 4 is 0 Å². The normalized spacial score (nSPS) is 32.1. The molecule has 3 aliphatic rings. The minimum Gasteiger partial charge on any atom is -0.468 e. The molecule has 0 amide bonds. The highest BCUT2D eigenvalue weighted by atomic mass is 16.5. The summed E-state index contributed by atoms with van der Waals surface area (Å²) in [6.45, 7) is 5.40. The van der Waals surface area contributed by atoms with Crippen molar-refractivity contribution in [3.05, 3.63) is 24.2 Å². The Morgan fingerprint density at radius 3 is 2.83 bits per heavy atom. The van der Waals surface area contributed by atoms with Gasteiger partial charge in [-0.3, -0.25) is 4.90 Å². The molecule has 1 aromatic rings. The van der Waals surface area contributed by atoms with Gasteiger partial charge in [-0.2, -0.15) is 0 Å². The molecule has 3 fully saturated rings. The summed E-state index contributed by atoms with van der Waals surface area (Å²) >= 11 is 0. The summed E-state index contributed by atoms with van der Waals surface area (Å²) < 4.78 is 23.2. The first-order valence-electron chi connectivity index (χ1n) is 9.46. The maximum Gasteiger partial charge on any atom is 0.117 e. The van der Waals surface area contributed by atoms with Gasteiger partial charge in [-0.15, -0.1) is 0 Å². The highest BCUT2D eigenvalue weighted by Crippen LogP contribution is 2.32. The number of fused-ring (bicyclic) bond motifs is 1. The Bertz CT molecular complexity index is 486. The van der Waals surface area contributed by atoms with E-state index in [1.54, 1.807) is 6.26 Å². The van der Waals surface area contributed by atoms with Crippen molar-refractivity contribution in [1.82, 2.24) is 4.90 Å². The lowest BCUT2D eigenvalue weighted by Gasteiger charge is -2.36. The molecule has 24 heavy (non-hydrogen) atoms. The molecule has 0 unspecified atom stereocenters. The van der Waals surface area contributed by atoms with Crippen molar-refractivity contribution in [2.75, 3.05) is 33.0 Å². The lowest BCUT2D eigenvalue weighted by molar-refractivity contribution is -0.105. The highest BCUT2D eigenvalue weighted by molar-refractivity contribution is 5.01. The zero-order chi connectivity index (χ0) is 16.2. The summed E-state index contributed by atoms with van der Waals surface area (Å²) in [4.78, 5) is 2.52. The van der Waals surface area contributed by atoms with Gasteiger partial charge in [0, 0.05) is 32.4 Å². The first-order valence-corrected chi connectivity index (χ1v) is 9.46. The summed E-state index contributed by atoms with van der Waals surface area (Å²) in [6.07, 6.45) is 8.10. The van der Waals surface area contributed by atoms with Crippen LogP contribution in [0, 0.1) is 5.92 Å². The Labute approximate surface area is 144 Å². The summed E-state index contributed by atoms with van der Waals surface area (Å²) in [5, 5.41) is 0. The van der Waals surface area contributed by atoms with E-state index >= 15 is 0 Å².